The zero-order chi connectivity index (χ0) is 17.0. The molecule has 0 aliphatic heterocycles. The molecule has 1 rings (SSSR count). The minimum absolute atomic E-state index is 0.0346. The van der Waals surface area contributed by atoms with Crippen LogP contribution in [0.15, 0.2) is 18.3 Å². The number of carbonyl (C=O) groups is 1. The van der Waals surface area contributed by atoms with Crippen LogP contribution < -0.4 is 11.1 Å². The van der Waals surface area contributed by atoms with Crippen molar-refractivity contribution in [2.45, 2.75) is 45.0 Å². The summed E-state index contributed by atoms with van der Waals surface area (Å²) in [5.41, 5.74) is 3.81. The average molecular weight is 319 g/mol. The molecule has 1 amide bonds. The zero-order valence-corrected chi connectivity index (χ0v) is 12.7. The van der Waals surface area contributed by atoms with Gasteiger partial charge in [-0.15, -0.1) is 0 Å². The Hall–Kier alpha value is -1.83. The molecule has 8 heteroatoms. The van der Waals surface area contributed by atoms with E-state index in [1.165, 1.54) is 12.3 Å². The first-order valence-corrected chi connectivity index (χ1v) is 6.73. The lowest BCUT2D eigenvalue weighted by Crippen LogP contribution is -2.44. The van der Waals surface area contributed by atoms with Gasteiger partial charge in [0.1, 0.15) is 5.60 Å². The second-order valence-corrected chi connectivity index (χ2v) is 5.78. The van der Waals surface area contributed by atoms with E-state index in [1.54, 1.807) is 20.8 Å². The molecule has 1 heterocycles. The smallest absolute Gasteiger partial charge is 0.418 e. The number of nitrogens with zero attached hydrogens (tertiary/aromatic N) is 1. The van der Waals surface area contributed by atoms with E-state index in [0.29, 0.717) is 0 Å². The van der Waals surface area contributed by atoms with Crippen molar-refractivity contribution in [3.05, 3.63) is 29.6 Å². The monoisotopic (exact) mass is 319 g/mol. The van der Waals surface area contributed by atoms with Crippen LogP contribution in [0.25, 0.3) is 0 Å². The second kappa shape index (κ2) is 6.95. The number of nitrogens with one attached hydrogen (secondary N) is 1. The van der Waals surface area contributed by atoms with Gasteiger partial charge in [0.25, 0.3) is 0 Å². The van der Waals surface area contributed by atoms with Gasteiger partial charge in [-0.3, -0.25) is 4.98 Å². The van der Waals surface area contributed by atoms with Gasteiger partial charge in [0.05, 0.1) is 11.3 Å². The first kappa shape index (κ1) is 18.2. The lowest BCUT2D eigenvalue weighted by molar-refractivity contribution is -0.138. The number of halogens is 3. The number of amides is 1. The van der Waals surface area contributed by atoms with Crippen molar-refractivity contribution in [3.8, 4) is 0 Å². The van der Waals surface area contributed by atoms with Gasteiger partial charge in [-0.1, -0.05) is 0 Å². The van der Waals surface area contributed by atoms with Crippen LogP contribution in [-0.2, 0) is 17.3 Å². The van der Waals surface area contributed by atoms with Crippen molar-refractivity contribution in [1.29, 1.82) is 0 Å². The molecular formula is C14H20F3N3O2. The third-order valence-corrected chi connectivity index (χ3v) is 2.64. The number of alkyl halides is 3. The van der Waals surface area contributed by atoms with Crippen molar-refractivity contribution in [2.24, 2.45) is 5.73 Å². The number of carbonyl (C=O) groups excluding carboxylic acids is 1. The van der Waals surface area contributed by atoms with Gasteiger partial charge in [-0.2, -0.15) is 13.2 Å². The Bertz CT molecular complexity index is 513. The van der Waals surface area contributed by atoms with Crippen LogP contribution in [0.1, 0.15) is 32.0 Å². The molecule has 0 aromatic carbocycles. The Labute approximate surface area is 127 Å². The Balaban J connectivity index is 2.81. The minimum Gasteiger partial charge on any atom is -0.444 e. The third kappa shape index (κ3) is 5.88. The summed E-state index contributed by atoms with van der Waals surface area (Å²) in [5, 5.41) is 2.46. The Morgan fingerprint density at radius 3 is 2.55 bits per heavy atom. The Morgan fingerprint density at radius 1 is 1.41 bits per heavy atom. The quantitative estimate of drug-likeness (QED) is 0.894. The topological polar surface area (TPSA) is 77.2 Å². The van der Waals surface area contributed by atoms with Gasteiger partial charge >= 0.3 is 12.3 Å². The molecule has 1 unspecified atom stereocenters. The number of nitrogens with two attached hydrogens (primary N) is 1. The highest BCUT2D eigenvalue weighted by Gasteiger charge is 2.34. The van der Waals surface area contributed by atoms with Gasteiger partial charge in [0, 0.05) is 25.2 Å². The highest BCUT2D eigenvalue weighted by Crippen LogP contribution is 2.31. The van der Waals surface area contributed by atoms with Crippen LogP contribution in [0.5, 0.6) is 0 Å². The standard InChI is InChI=1S/C14H20F3N3O2/c1-13(2,3)22-12(21)20-9(8-18)7-11-10(14(15,16)17)5-4-6-19-11/h4-6,9H,7-8,18H2,1-3H3,(H,20,21). The van der Waals surface area contributed by atoms with Crippen molar-refractivity contribution in [2.75, 3.05) is 6.54 Å². The number of hydrogen-bond acceptors (Lipinski definition) is 4. The molecule has 124 valence electrons. The molecule has 0 fully saturated rings. The largest absolute Gasteiger partial charge is 0.444 e. The zero-order valence-electron chi connectivity index (χ0n) is 12.7. The molecule has 3 N–H and O–H groups in total. The van der Waals surface area contributed by atoms with E-state index in [9.17, 15) is 18.0 Å². The van der Waals surface area contributed by atoms with Gasteiger partial charge in [-0.05, 0) is 32.9 Å². The second-order valence-electron chi connectivity index (χ2n) is 5.78. The predicted molar refractivity (Wildman–Crippen MR) is 75.2 cm³/mol. The summed E-state index contributed by atoms with van der Waals surface area (Å²) in [6, 6.07) is 1.46. The van der Waals surface area contributed by atoms with Crippen LogP contribution in [0, 0.1) is 0 Å². The molecule has 0 radical (unpaired) electrons. The van der Waals surface area contributed by atoms with Crippen LogP contribution in [0.2, 0.25) is 0 Å². The van der Waals surface area contributed by atoms with Crippen molar-refractivity contribution >= 4 is 6.09 Å². The fourth-order valence-electron chi connectivity index (χ4n) is 1.76. The summed E-state index contributed by atoms with van der Waals surface area (Å²) in [7, 11) is 0. The molecule has 0 saturated heterocycles. The normalized spacial score (nSPS) is 13.6. The summed E-state index contributed by atoms with van der Waals surface area (Å²) in [6.07, 6.45) is -4.10. The molecule has 1 aromatic heterocycles. The van der Waals surface area contributed by atoms with Gasteiger partial charge in [-0.25, -0.2) is 4.79 Å². The number of ether oxygens (including phenoxy) is 1. The maximum Gasteiger partial charge on any atom is 0.418 e. The summed E-state index contributed by atoms with van der Waals surface area (Å²) in [6.45, 7) is 5.02. The molecule has 5 nitrogen and oxygen atoms in total. The van der Waals surface area contributed by atoms with E-state index < -0.39 is 29.5 Å². The van der Waals surface area contributed by atoms with E-state index >= 15 is 0 Å². The van der Waals surface area contributed by atoms with Crippen molar-refractivity contribution < 1.29 is 22.7 Å². The number of aromatic nitrogens is 1. The molecule has 0 saturated carbocycles. The summed E-state index contributed by atoms with van der Waals surface area (Å²) in [4.78, 5) is 15.4. The van der Waals surface area contributed by atoms with E-state index in [-0.39, 0.29) is 18.7 Å². The molecule has 0 aliphatic rings. The van der Waals surface area contributed by atoms with Crippen LogP contribution >= 0.6 is 0 Å². The third-order valence-electron chi connectivity index (χ3n) is 2.64. The van der Waals surface area contributed by atoms with Gasteiger partial charge < -0.3 is 15.8 Å². The Kier molecular flexibility index (Phi) is 5.76. The van der Waals surface area contributed by atoms with Crippen LogP contribution in [0.4, 0.5) is 18.0 Å². The predicted octanol–water partition coefficient (Wildman–Crippen LogP) is 2.49. The molecule has 1 aromatic rings. The lowest BCUT2D eigenvalue weighted by atomic mass is 10.1. The maximum atomic E-state index is 12.9. The molecule has 22 heavy (non-hydrogen) atoms. The molecular weight excluding hydrogens is 299 g/mol. The number of hydrogen-bond donors (Lipinski definition) is 2. The minimum atomic E-state index is -4.51. The molecule has 0 aliphatic carbocycles. The van der Waals surface area contributed by atoms with E-state index in [1.807, 2.05) is 0 Å². The summed E-state index contributed by atoms with van der Waals surface area (Å²) < 4.78 is 43.8. The first-order valence-electron chi connectivity index (χ1n) is 6.73. The van der Waals surface area contributed by atoms with Crippen LogP contribution in [-0.4, -0.2) is 29.3 Å². The number of pyridine rings is 1. The van der Waals surface area contributed by atoms with E-state index in [4.69, 9.17) is 10.5 Å². The summed E-state index contributed by atoms with van der Waals surface area (Å²) in [5.74, 6) is 0. The first-order chi connectivity index (χ1) is 10.0. The number of rotatable bonds is 4. The SMILES string of the molecule is CC(C)(C)OC(=O)NC(CN)Cc1ncccc1C(F)(F)F. The molecule has 1 atom stereocenters. The van der Waals surface area contributed by atoms with Crippen molar-refractivity contribution in [1.82, 2.24) is 10.3 Å². The maximum absolute atomic E-state index is 12.9. The Morgan fingerprint density at radius 2 is 2.05 bits per heavy atom. The van der Waals surface area contributed by atoms with E-state index in [0.717, 1.165) is 6.07 Å². The van der Waals surface area contributed by atoms with Gasteiger partial charge in [0.2, 0.25) is 0 Å². The van der Waals surface area contributed by atoms with Crippen LogP contribution in [0.3, 0.4) is 0 Å². The fraction of sp³-hybridized carbons (Fsp3) is 0.571. The molecule has 0 bridgehead atoms. The average Bonchev–Trinajstić information content (AvgIpc) is 2.35. The summed E-state index contributed by atoms with van der Waals surface area (Å²) >= 11 is 0. The van der Waals surface area contributed by atoms with Gasteiger partial charge in [0.15, 0.2) is 0 Å². The molecule has 0 spiro atoms. The fourth-order valence-corrected chi connectivity index (χ4v) is 1.76. The van der Waals surface area contributed by atoms with E-state index in [2.05, 4.69) is 10.3 Å². The number of alkyl carbamates (subject to hydrolysis) is 1. The highest BCUT2D eigenvalue weighted by molar-refractivity contribution is 5.68. The lowest BCUT2D eigenvalue weighted by Gasteiger charge is -2.23. The van der Waals surface area contributed by atoms with Crippen molar-refractivity contribution in [3.63, 3.8) is 0 Å². The highest BCUT2D eigenvalue weighted by atomic mass is 19.4.